The van der Waals surface area contributed by atoms with Crippen LogP contribution in [0.15, 0.2) is 18.2 Å². The largest absolute Gasteiger partial charge is 0.497 e. The van der Waals surface area contributed by atoms with Crippen molar-refractivity contribution in [1.29, 1.82) is 0 Å². The van der Waals surface area contributed by atoms with Crippen LogP contribution in [-0.4, -0.2) is 17.3 Å². The van der Waals surface area contributed by atoms with E-state index in [9.17, 15) is 4.39 Å². The second-order valence-corrected chi connectivity index (χ2v) is 5.07. The minimum absolute atomic E-state index is 0.220. The average Bonchev–Trinajstić information content (AvgIpc) is 2.78. The molecular formula is C11H10ClFN2OS. The predicted molar refractivity (Wildman–Crippen MR) is 66.1 cm³/mol. The van der Waals surface area contributed by atoms with Crippen molar-refractivity contribution < 1.29 is 9.13 Å². The Bertz CT molecular complexity index is 530. The summed E-state index contributed by atoms with van der Waals surface area (Å²) in [6.45, 7) is 1.80. The lowest BCUT2D eigenvalue weighted by Crippen LogP contribution is -1.87. The van der Waals surface area contributed by atoms with E-state index in [1.165, 1.54) is 24.5 Å². The molecule has 1 aromatic carbocycles. The van der Waals surface area contributed by atoms with Gasteiger partial charge in [0.25, 0.3) is 0 Å². The number of hydrogen-bond donors (Lipinski definition) is 0. The van der Waals surface area contributed by atoms with Gasteiger partial charge in [-0.15, -0.1) is 21.8 Å². The van der Waals surface area contributed by atoms with E-state index in [4.69, 9.17) is 16.3 Å². The summed E-state index contributed by atoms with van der Waals surface area (Å²) < 4.78 is 18.7. The van der Waals surface area contributed by atoms with E-state index in [0.717, 1.165) is 0 Å². The summed E-state index contributed by atoms with van der Waals surface area (Å²) in [4.78, 5) is 0. The normalized spacial score (nSPS) is 12.5. The maximum Gasteiger partial charge on any atom is 0.150 e. The summed E-state index contributed by atoms with van der Waals surface area (Å²) in [6, 6.07) is 4.63. The molecule has 1 atom stereocenters. The van der Waals surface area contributed by atoms with Crippen molar-refractivity contribution in [2.75, 3.05) is 7.11 Å². The number of methoxy groups -OCH3 is 1. The van der Waals surface area contributed by atoms with Gasteiger partial charge in [-0.25, -0.2) is 4.39 Å². The van der Waals surface area contributed by atoms with Crippen LogP contribution >= 0.6 is 22.9 Å². The Hall–Kier alpha value is -1.20. The Kier molecular flexibility index (Phi) is 3.59. The zero-order chi connectivity index (χ0) is 12.4. The average molecular weight is 273 g/mol. The van der Waals surface area contributed by atoms with Crippen LogP contribution in [0.4, 0.5) is 4.39 Å². The Morgan fingerprint density at radius 2 is 2.18 bits per heavy atom. The van der Waals surface area contributed by atoms with Gasteiger partial charge in [0.05, 0.1) is 12.5 Å². The van der Waals surface area contributed by atoms with Gasteiger partial charge >= 0.3 is 0 Å². The number of rotatable bonds is 3. The molecule has 3 nitrogen and oxygen atoms in total. The second-order valence-electron chi connectivity index (χ2n) is 3.41. The van der Waals surface area contributed by atoms with Crippen molar-refractivity contribution in [3.63, 3.8) is 0 Å². The number of alkyl halides is 1. The summed E-state index contributed by atoms with van der Waals surface area (Å²) >= 11 is 7.17. The molecule has 0 N–H and O–H groups in total. The van der Waals surface area contributed by atoms with Crippen LogP contribution in [0.25, 0.3) is 10.6 Å². The Balaban J connectivity index is 2.38. The van der Waals surface area contributed by atoms with Crippen LogP contribution in [0.2, 0.25) is 0 Å². The summed E-state index contributed by atoms with van der Waals surface area (Å²) in [7, 11) is 1.49. The lowest BCUT2D eigenvalue weighted by molar-refractivity contribution is 0.411. The lowest BCUT2D eigenvalue weighted by atomic mass is 10.2. The van der Waals surface area contributed by atoms with Crippen LogP contribution in [0.1, 0.15) is 17.3 Å². The molecule has 0 aliphatic carbocycles. The molecule has 0 aliphatic rings. The Morgan fingerprint density at radius 1 is 1.41 bits per heavy atom. The van der Waals surface area contributed by atoms with Gasteiger partial charge in [-0.1, -0.05) is 11.3 Å². The predicted octanol–water partition coefficient (Wildman–Crippen LogP) is 3.65. The number of benzene rings is 1. The van der Waals surface area contributed by atoms with Crippen molar-refractivity contribution in [3.05, 3.63) is 29.0 Å². The van der Waals surface area contributed by atoms with Crippen molar-refractivity contribution in [3.8, 4) is 16.3 Å². The molecular weight excluding hydrogens is 263 g/mol. The van der Waals surface area contributed by atoms with E-state index in [2.05, 4.69) is 10.2 Å². The van der Waals surface area contributed by atoms with E-state index < -0.39 is 0 Å². The van der Waals surface area contributed by atoms with Crippen LogP contribution in [0, 0.1) is 5.82 Å². The van der Waals surface area contributed by atoms with E-state index in [1.54, 1.807) is 19.1 Å². The number of halogens is 2. The molecule has 6 heteroatoms. The molecule has 0 radical (unpaired) electrons. The molecule has 0 aliphatic heterocycles. The number of aromatic nitrogens is 2. The minimum Gasteiger partial charge on any atom is -0.497 e. The van der Waals surface area contributed by atoms with E-state index in [1.807, 2.05) is 0 Å². The summed E-state index contributed by atoms with van der Waals surface area (Å²) in [6.07, 6.45) is 0. The fourth-order valence-electron chi connectivity index (χ4n) is 1.30. The van der Waals surface area contributed by atoms with Crippen LogP contribution < -0.4 is 4.74 Å². The highest BCUT2D eigenvalue weighted by atomic mass is 35.5. The van der Waals surface area contributed by atoms with Crippen LogP contribution in [-0.2, 0) is 0 Å². The molecule has 1 aromatic heterocycles. The van der Waals surface area contributed by atoms with Gasteiger partial charge < -0.3 is 4.74 Å². The fraction of sp³-hybridized carbons (Fsp3) is 0.273. The van der Waals surface area contributed by atoms with Crippen molar-refractivity contribution in [2.45, 2.75) is 12.3 Å². The smallest absolute Gasteiger partial charge is 0.150 e. The maximum absolute atomic E-state index is 13.8. The topological polar surface area (TPSA) is 35.0 Å². The van der Waals surface area contributed by atoms with Crippen LogP contribution in [0.3, 0.4) is 0 Å². The van der Waals surface area contributed by atoms with Crippen LogP contribution in [0.5, 0.6) is 5.75 Å². The van der Waals surface area contributed by atoms with E-state index >= 15 is 0 Å². The Labute approximate surface area is 107 Å². The maximum atomic E-state index is 13.8. The third-order valence-corrected chi connectivity index (χ3v) is 3.66. The Morgan fingerprint density at radius 3 is 2.71 bits per heavy atom. The minimum atomic E-state index is -0.380. The number of hydrogen-bond acceptors (Lipinski definition) is 4. The van der Waals surface area contributed by atoms with E-state index in [-0.39, 0.29) is 11.2 Å². The van der Waals surface area contributed by atoms with E-state index in [0.29, 0.717) is 21.3 Å². The first-order valence-electron chi connectivity index (χ1n) is 4.93. The highest BCUT2D eigenvalue weighted by Gasteiger charge is 2.14. The first-order valence-corrected chi connectivity index (χ1v) is 6.18. The van der Waals surface area contributed by atoms with Crippen molar-refractivity contribution in [2.24, 2.45) is 0 Å². The quantitative estimate of drug-likeness (QED) is 0.800. The first kappa shape index (κ1) is 12.3. The van der Waals surface area contributed by atoms with Gasteiger partial charge in [0.1, 0.15) is 16.6 Å². The zero-order valence-electron chi connectivity index (χ0n) is 9.28. The molecule has 1 unspecified atom stereocenters. The first-order chi connectivity index (χ1) is 8.11. The van der Waals surface area contributed by atoms with Gasteiger partial charge in [-0.3, -0.25) is 0 Å². The molecule has 2 aromatic rings. The standard InChI is InChI=1S/C11H10ClFN2OS/c1-6(12)10-14-15-11(17-10)8-4-3-7(16-2)5-9(8)13/h3-6H,1-2H3. The molecule has 0 fully saturated rings. The summed E-state index contributed by atoms with van der Waals surface area (Å²) in [5, 5.41) is 8.82. The summed E-state index contributed by atoms with van der Waals surface area (Å²) in [5.74, 6) is 0.0935. The third-order valence-electron chi connectivity index (χ3n) is 2.19. The highest BCUT2D eigenvalue weighted by molar-refractivity contribution is 7.15. The molecule has 0 saturated carbocycles. The zero-order valence-corrected chi connectivity index (χ0v) is 10.8. The molecule has 0 saturated heterocycles. The third kappa shape index (κ3) is 2.56. The molecule has 0 spiro atoms. The molecule has 2 rings (SSSR count). The van der Waals surface area contributed by atoms with Gasteiger partial charge in [0, 0.05) is 11.6 Å². The monoisotopic (exact) mass is 272 g/mol. The number of ether oxygens (including phenoxy) is 1. The summed E-state index contributed by atoms with van der Waals surface area (Å²) in [5.41, 5.74) is 0.409. The van der Waals surface area contributed by atoms with Gasteiger partial charge in [0.15, 0.2) is 5.01 Å². The van der Waals surface area contributed by atoms with Crippen molar-refractivity contribution in [1.82, 2.24) is 10.2 Å². The van der Waals surface area contributed by atoms with Gasteiger partial charge in [0.2, 0.25) is 0 Å². The lowest BCUT2D eigenvalue weighted by Gasteiger charge is -2.02. The van der Waals surface area contributed by atoms with Crippen molar-refractivity contribution >= 4 is 22.9 Å². The molecule has 90 valence electrons. The number of nitrogens with zero attached hydrogens (tertiary/aromatic N) is 2. The van der Waals surface area contributed by atoms with Gasteiger partial charge in [-0.05, 0) is 19.1 Å². The molecule has 0 bridgehead atoms. The molecule has 17 heavy (non-hydrogen) atoms. The molecule has 0 amide bonds. The molecule has 1 heterocycles. The second kappa shape index (κ2) is 4.98. The SMILES string of the molecule is COc1ccc(-c2nnc(C(C)Cl)s2)c(F)c1. The fourth-order valence-corrected chi connectivity index (χ4v) is 2.28. The highest BCUT2D eigenvalue weighted by Crippen LogP contribution is 2.31. The van der Waals surface area contributed by atoms with Gasteiger partial charge in [-0.2, -0.15) is 0 Å².